The van der Waals surface area contributed by atoms with Gasteiger partial charge in [0.05, 0.1) is 14.2 Å². The standard InChI is InChI=1S/C20H23N3O5/c1-23-9-8-12-10-15-17(28-11-27-15)18(26-3)16(12)19(23)22-20(24)21-13-4-6-14(25-2)7-5-13/h4-7,10,19H,8-9,11H2,1-3H3,(H2,21,22,24)/t19-/m0/s1. The van der Waals surface area contributed by atoms with Crippen molar-refractivity contribution in [2.24, 2.45) is 0 Å². The number of hydrogen-bond donors (Lipinski definition) is 2. The summed E-state index contributed by atoms with van der Waals surface area (Å²) in [4.78, 5) is 14.7. The van der Waals surface area contributed by atoms with Crippen LogP contribution >= 0.6 is 0 Å². The van der Waals surface area contributed by atoms with Gasteiger partial charge in [-0.2, -0.15) is 0 Å². The van der Waals surface area contributed by atoms with Crippen LogP contribution in [0.4, 0.5) is 10.5 Å². The third kappa shape index (κ3) is 3.27. The van der Waals surface area contributed by atoms with Gasteiger partial charge in [0.1, 0.15) is 11.9 Å². The topological polar surface area (TPSA) is 81.3 Å². The van der Waals surface area contributed by atoms with E-state index in [1.807, 2.05) is 13.1 Å². The number of hydrogen-bond acceptors (Lipinski definition) is 6. The summed E-state index contributed by atoms with van der Waals surface area (Å²) in [5.41, 5.74) is 2.65. The van der Waals surface area contributed by atoms with Crippen LogP contribution in [0.3, 0.4) is 0 Å². The maximum atomic E-state index is 12.6. The number of benzene rings is 2. The SMILES string of the molecule is COc1ccc(NC(=O)N[C@@H]2c3c(cc4c(c3OC)OCO4)CCN2C)cc1. The lowest BCUT2D eigenvalue weighted by atomic mass is 9.95. The highest BCUT2D eigenvalue weighted by Crippen LogP contribution is 2.48. The van der Waals surface area contributed by atoms with Gasteiger partial charge in [-0.25, -0.2) is 4.79 Å². The summed E-state index contributed by atoms with van der Waals surface area (Å²) in [6, 6.07) is 8.83. The third-order valence-corrected chi connectivity index (χ3v) is 5.01. The zero-order valence-electron chi connectivity index (χ0n) is 16.1. The molecule has 0 saturated heterocycles. The van der Waals surface area contributed by atoms with Crippen LogP contribution in [0.5, 0.6) is 23.0 Å². The minimum absolute atomic E-state index is 0.167. The summed E-state index contributed by atoms with van der Waals surface area (Å²) >= 11 is 0. The molecule has 148 valence electrons. The molecule has 0 spiro atoms. The minimum atomic E-state index is -0.355. The molecule has 0 fully saturated rings. The lowest BCUT2D eigenvalue weighted by Gasteiger charge is -2.36. The number of ether oxygens (including phenoxy) is 4. The molecule has 4 rings (SSSR count). The van der Waals surface area contributed by atoms with Crippen LogP contribution in [0.15, 0.2) is 30.3 Å². The number of fused-ring (bicyclic) bond motifs is 2. The Morgan fingerprint density at radius 1 is 1.18 bits per heavy atom. The highest BCUT2D eigenvalue weighted by atomic mass is 16.7. The van der Waals surface area contributed by atoms with E-state index in [2.05, 4.69) is 15.5 Å². The maximum Gasteiger partial charge on any atom is 0.320 e. The van der Waals surface area contributed by atoms with Crippen LogP contribution in [0.1, 0.15) is 17.3 Å². The molecule has 2 N–H and O–H groups in total. The Kier molecular flexibility index (Phi) is 4.87. The fourth-order valence-corrected chi connectivity index (χ4v) is 3.58. The van der Waals surface area contributed by atoms with Crippen molar-refractivity contribution in [1.82, 2.24) is 10.2 Å². The third-order valence-electron chi connectivity index (χ3n) is 5.01. The van der Waals surface area contributed by atoms with Crippen molar-refractivity contribution in [2.75, 3.05) is 39.9 Å². The molecular formula is C20H23N3O5. The number of anilines is 1. The molecule has 2 aromatic carbocycles. The fourth-order valence-electron chi connectivity index (χ4n) is 3.58. The zero-order chi connectivity index (χ0) is 19.7. The van der Waals surface area contributed by atoms with E-state index in [4.69, 9.17) is 18.9 Å². The predicted molar refractivity (Wildman–Crippen MR) is 103 cm³/mol. The van der Waals surface area contributed by atoms with Gasteiger partial charge >= 0.3 is 6.03 Å². The molecule has 0 saturated carbocycles. The first kappa shape index (κ1) is 18.2. The lowest BCUT2D eigenvalue weighted by Crippen LogP contribution is -2.45. The maximum absolute atomic E-state index is 12.6. The Morgan fingerprint density at radius 2 is 1.96 bits per heavy atom. The van der Waals surface area contributed by atoms with E-state index < -0.39 is 0 Å². The molecule has 8 heteroatoms. The Labute approximate surface area is 163 Å². The normalized spacial score (nSPS) is 17.6. The number of carbonyl (C=O) groups excluding carboxylic acids is 1. The molecule has 28 heavy (non-hydrogen) atoms. The second kappa shape index (κ2) is 7.47. The van der Waals surface area contributed by atoms with Crippen molar-refractivity contribution in [2.45, 2.75) is 12.6 Å². The molecule has 0 aromatic heterocycles. The van der Waals surface area contributed by atoms with Gasteiger partial charge in [-0.1, -0.05) is 0 Å². The van der Waals surface area contributed by atoms with Gasteiger partial charge in [0.25, 0.3) is 0 Å². The molecule has 1 atom stereocenters. The van der Waals surface area contributed by atoms with E-state index >= 15 is 0 Å². The van der Waals surface area contributed by atoms with Crippen LogP contribution in [0.2, 0.25) is 0 Å². The van der Waals surface area contributed by atoms with Crippen molar-refractivity contribution in [3.05, 3.63) is 41.5 Å². The summed E-state index contributed by atoms with van der Waals surface area (Å²) in [7, 11) is 5.16. The summed E-state index contributed by atoms with van der Waals surface area (Å²) in [5.74, 6) is 2.60. The Morgan fingerprint density at radius 3 is 2.68 bits per heavy atom. The van der Waals surface area contributed by atoms with Gasteiger partial charge in [-0.15, -0.1) is 0 Å². The second-order valence-corrected chi connectivity index (χ2v) is 6.68. The van der Waals surface area contributed by atoms with Crippen molar-refractivity contribution in [3.63, 3.8) is 0 Å². The monoisotopic (exact) mass is 385 g/mol. The van der Waals surface area contributed by atoms with Crippen molar-refractivity contribution >= 4 is 11.7 Å². The van der Waals surface area contributed by atoms with Gasteiger partial charge in [0.2, 0.25) is 12.5 Å². The molecule has 8 nitrogen and oxygen atoms in total. The van der Waals surface area contributed by atoms with Gasteiger partial charge in [-0.05, 0) is 49.4 Å². The van der Waals surface area contributed by atoms with Gasteiger partial charge in [0.15, 0.2) is 11.5 Å². The van der Waals surface area contributed by atoms with Crippen LogP contribution < -0.4 is 29.6 Å². The summed E-state index contributed by atoms with van der Waals surface area (Å²) in [6.45, 7) is 0.962. The van der Waals surface area contributed by atoms with Crippen LogP contribution in [-0.4, -0.2) is 45.5 Å². The zero-order valence-corrected chi connectivity index (χ0v) is 16.1. The van der Waals surface area contributed by atoms with Crippen molar-refractivity contribution in [3.8, 4) is 23.0 Å². The van der Waals surface area contributed by atoms with E-state index in [1.54, 1.807) is 38.5 Å². The number of rotatable bonds is 4. The van der Waals surface area contributed by atoms with E-state index in [-0.39, 0.29) is 19.0 Å². The summed E-state index contributed by atoms with van der Waals surface area (Å²) < 4.78 is 21.9. The molecule has 0 aliphatic carbocycles. The van der Waals surface area contributed by atoms with E-state index in [0.29, 0.717) is 22.9 Å². The summed E-state index contributed by atoms with van der Waals surface area (Å²) in [6.07, 6.45) is 0.475. The molecule has 2 aliphatic rings. The molecule has 2 heterocycles. The number of nitrogens with one attached hydrogen (secondary N) is 2. The second-order valence-electron chi connectivity index (χ2n) is 6.68. The number of urea groups is 1. The fraction of sp³-hybridized carbons (Fsp3) is 0.350. The molecular weight excluding hydrogens is 362 g/mol. The van der Waals surface area contributed by atoms with E-state index in [9.17, 15) is 4.79 Å². The van der Waals surface area contributed by atoms with Crippen LogP contribution in [0.25, 0.3) is 0 Å². The first-order valence-electron chi connectivity index (χ1n) is 9.02. The molecule has 0 radical (unpaired) electrons. The predicted octanol–water partition coefficient (Wildman–Crippen LogP) is 2.74. The molecule has 2 aliphatic heterocycles. The smallest absolute Gasteiger partial charge is 0.320 e. The number of methoxy groups -OCH3 is 2. The van der Waals surface area contributed by atoms with E-state index in [0.717, 1.165) is 29.8 Å². The minimum Gasteiger partial charge on any atom is -0.497 e. The quantitative estimate of drug-likeness (QED) is 0.842. The Balaban J connectivity index is 1.59. The average Bonchev–Trinajstić information content (AvgIpc) is 3.17. The highest BCUT2D eigenvalue weighted by Gasteiger charge is 2.34. The van der Waals surface area contributed by atoms with Crippen LogP contribution in [-0.2, 0) is 6.42 Å². The van der Waals surface area contributed by atoms with Crippen molar-refractivity contribution in [1.29, 1.82) is 0 Å². The average molecular weight is 385 g/mol. The first-order valence-corrected chi connectivity index (χ1v) is 9.02. The van der Waals surface area contributed by atoms with Gasteiger partial charge in [0, 0.05) is 17.8 Å². The number of nitrogens with zero attached hydrogens (tertiary/aromatic N) is 1. The molecule has 0 unspecified atom stereocenters. The lowest BCUT2D eigenvalue weighted by molar-refractivity contribution is 0.169. The largest absolute Gasteiger partial charge is 0.497 e. The van der Waals surface area contributed by atoms with Gasteiger partial charge in [-0.3, -0.25) is 4.90 Å². The molecule has 2 amide bonds. The van der Waals surface area contributed by atoms with E-state index in [1.165, 1.54) is 0 Å². The van der Waals surface area contributed by atoms with Gasteiger partial charge < -0.3 is 29.6 Å². The highest BCUT2D eigenvalue weighted by molar-refractivity contribution is 5.89. The molecule has 2 aromatic rings. The Bertz CT molecular complexity index is 884. The number of amides is 2. The summed E-state index contributed by atoms with van der Waals surface area (Å²) in [5, 5.41) is 5.89. The number of carbonyl (C=O) groups is 1. The van der Waals surface area contributed by atoms with Crippen molar-refractivity contribution < 1.29 is 23.7 Å². The first-order chi connectivity index (χ1) is 13.6. The molecule has 0 bridgehead atoms. The van der Waals surface area contributed by atoms with Crippen LogP contribution in [0, 0.1) is 0 Å². The number of likely N-dealkylation sites (N-methyl/N-ethyl adjacent to an activating group) is 1. The Hall–Kier alpha value is -3.13.